The molecule has 3 N–H and O–H groups in total. The minimum absolute atomic E-state index is 0.0570. The number of nitrogens with two attached hydrogens (primary N) is 1. The third kappa shape index (κ3) is 3.65. The molecule has 0 bridgehead atoms. The quantitative estimate of drug-likeness (QED) is 0.535. The number of anilines is 1. The van der Waals surface area contributed by atoms with Crippen molar-refractivity contribution in [3.63, 3.8) is 0 Å². The normalized spacial score (nSPS) is 10.0. The van der Waals surface area contributed by atoms with Crippen LogP contribution in [0.2, 0.25) is 0 Å². The first-order valence-electron chi connectivity index (χ1n) is 4.53. The van der Waals surface area contributed by atoms with E-state index in [1.165, 1.54) is 7.11 Å². The Hall–Kier alpha value is -1.46. The van der Waals surface area contributed by atoms with Gasteiger partial charge in [-0.05, 0) is 12.1 Å². The van der Waals surface area contributed by atoms with Gasteiger partial charge in [0, 0.05) is 18.9 Å². The second-order valence-electron chi connectivity index (χ2n) is 2.83. The number of rotatable bonds is 6. The number of nitrogen functional groups attached to an aromatic ring is 1. The first-order valence-corrected chi connectivity index (χ1v) is 4.53. The highest BCUT2D eigenvalue weighted by Gasteiger charge is 2.05. The van der Waals surface area contributed by atoms with Crippen molar-refractivity contribution in [2.75, 3.05) is 32.9 Å². The van der Waals surface area contributed by atoms with Crippen molar-refractivity contribution >= 4 is 5.69 Å². The van der Waals surface area contributed by atoms with Crippen LogP contribution >= 0.6 is 0 Å². The van der Waals surface area contributed by atoms with Gasteiger partial charge >= 0.3 is 0 Å². The van der Waals surface area contributed by atoms with E-state index in [4.69, 9.17) is 25.1 Å². The van der Waals surface area contributed by atoms with Gasteiger partial charge in [0.2, 0.25) is 0 Å². The van der Waals surface area contributed by atoms with E-state index in [0.29, 0.717) is 17.2 Å². The summed E-state index contributed by atoms with van der Waals surface area (Å²) in [5, 5.41) is 8.64. The number of benzene rings is 1. The highest BCUT2D eigenvalue weighted by molar-refractivity contribution is 5.51. The molecule has 0 amide bonds. The van der Waals surface area contributed by atoms with Crippen molar-refractivity contribution in [1.82, 2.24) is 0 Å². The first kappa shape index (κ1) is 11.6. The van der Waals surface area contributed by atoms with E-state index < -0.39 is 0 Å². The van der Waals surface area contributed by atoms with Gasteiger partial charge in [0.1, 0.15) is 6.61 Å². The minimum Gasteiger partial charge on any atom is -0.487 e. The van der Waals surface area contributed by atoms with Gasteiger partial charge in [-0.25, -0.2) is 0 Å². The molecule has 0 aliphatic carbocycles. The number of aliphatic hydroxyl groups is 1. The smallest absolute Gasteiger partial charge is 0.188 e. The lowest BCUT2D eigenvalue weighted by atomic mass is 10.3. The molecule has 0 atom stereocenters. The van der Waals surface area contributed by atoms with Crippen LogP contribution in [0.3, 0.4) is 0 Å². The summed E-state index contributed by atoms with van der Waals surface area (Å²) in [6.45, 7) is 0.282. The molecular formula is C10H15NO4. The van der Waals surface area contributed by atoms with Crippen LogP contribution in [-0.4, -0.2) is 32.2 Å². The van der Waals surface area contributed by atoms with E-state index in [9.17, 15) is 0 Å². The molecule has 0 saturated heterocycles. The Morgan fingerprint density at radius 3 is 2.73 bits per heavy atom. The van der Waals surface area contributed by atoms with Crippen LogP contribution in [0, 0.1) is 0 Å². The fraction of sp³-hybridized carbons (Fsp3) is 0.400. The lowest BCUT2D eigenvalue weighted by Crippen LogP contribution is -2.06. The Balaban J connectivity index is 2.73. The molecule has 84 valence electrons. The van der Waals surface area contributed by atoms with Crippen LogP contribution < -0.4 is 15.2 Å². The molecule has 5 heteroatoms. The molecule has 0 radical (unpaired) electrons. The van der Waals surface area contributed by atoms with Crippen molar-refractivity contribution in [2.24, 2.45) is 0 Å². The lowest BCUT2D eigenvalue weighted by Gasteiger charge is -2.11. The molecule has 0 aliphatic rings. The largest absolute Gasteiger partial charge is 0.487 e. The molecule has 1 aromatic carbocycles. The standard InChI is InChI=1S/C10H15NO4/c1-13-7-15-9-3-2-8(11)6-10(9)14-5-4-12/h2-3,6,12H,4-5,7,11H2,1H3. The maximum absolute atomic E-state index is 8.64. The van der Waals surface area contributed by atoms with Gasteiger partial charge in [0.25, 0.3) is 0 Å². The average Bonchev–Trinajstić information content (AvgIpc) is 2.25. The molecular weight excluding hydrogens is 198 g/mol. The number of hydrogen-bond acceptors (Lipinski definition) is 5. The zero-order valence-corrected chi connectivity index (χ0v) is 8.60. The van der Waals surface area contributed by atoms with Gasteiger partial charge in [0.05, 0.1) is 6.61 Å². The van der Waals surface area contributed by atoms with E-state index in [1.54, 1.807) is 18.2 Å². The van der Waals surface area contributed by atoms with Crippen LogP contribution in [0.15, 0.2) is 18.2 Å². The van der Waals surface area contributed by atoms with Gasteiger partial charge in [-0.15, -0.1) is 0 Å². The molecule has 0 aliphatic heterocycles. The zero-order chi connectivity index (χ0) is 11.1. The molecule has 5 nitrogen and oxygen atoms in total. The van der Waals surface area contributed by atoms with Crippen molar-refractivity contribution in [3.05, 3.63) is 18.2 Å². The van der Waals surface area contributed by atoms with Crippen LogP contribution in [0.5, 0.6) is 11.5 Å². The van der Waals surface area contributed by atoms with E-state index in [-0.39, 0.29) is 20.0 Å². The molecule has 1 aromatic rings. The van der Waals surface area contributed by atoms with Gasteiger partial charge in [0.15, 0.2) is 18.3 Å². The Morgan fingerprint density at radius 2 is 2.07 bits per heavy atom. The fourth-order valence-corrected chi connectivity index (χ4v) is 1.03. The van der Waals surface area contributed by atoms with Gasteiger partial charge in [-0.1, -0.05) is 0 Å². The predicted octanol–water partition coefficient (Wildman–Crippen LogP) is 0.623. The van der Waals surface area contributed by atoms with E-state index in [2.05, 4.69) is 0 Å². The summed E-state index contributed by atoms with van der Waals surface area (Å²) < 4.78 is 15.3. The molecule has 0 unspecified atom stereocenters. The molecule has 0 fully saturated rings. The van der Waals surface area contributed by atoms with Crippen molar-refractivity contribution in [1.29, 1.82) is 0 Å². The molecule has 15 heavy (non-hydrogen) atoms. The number of ether oxygens (including phenoxy) is 3. The fourth-order valence-electron chi connectivity index (χ4n) is 1.03. The van der Waals surface area contributed by atoms with Gasteiger partial charge in [-0.2, -0.15) is 0 Å². The topological polar surface area (TPSA) is 73.9 Å². The summed E-state index contributed by atoms with van der Waals surface area (Å²) in [5.74, 6) is 1.04. The Labute approximate surface area is 88.4 Å². The molecule has 0 aromatic heterocycles. The summed E-state index contributed by atoms with van der Waals surface area (Å²) in [7, 11) is 1.53. The molecule has 0 heterocycles. The maximum atomic E-state index is 8.64. The first-order chi connectivity index (χ1) is 7.27. The van der Waals surface area contributed by atoms with E-state index >= 15 is 0 Å². The second-order valence-corrected chi connectivity index (χ2v) is 2.83. The van der Waals surface area contributed by atoms with Crippen molar-refractivity contribution in [3.8, 4) is 11.5 Å². The van der Waals surface area contributed by atoms with Crippen molar-refractivity contribution in [2.45, 2.75) is 0 Å². The van der Waals surface area contributed by atoms with Crippen LogP contribution in [-0.2, 0) is 4.74 Å². The van der Waals surface area contributed by atoms with Crippen LogP contribution in [0.4, 0.5) is 5.69 Å². The Bertz CT molecular complexity index is 303. The molecule has 0 spiro atoms. The van der Waals surface area contributed by atoms with E-state index in [0.717, 1.165) is 0 Å². The summed E-state index contributed by atoms with van der Waals surface area (Å²) in [4.78, 5) is 0. The molecule has 1 rings (SSSR count). The maximum Gasteiger partial charge on any atom is 0.188 e. The predicted molar refractivity (Wildman–Crippen MR) is 55.9 cm³/mol. The van der Waals surface area contributed by atoms with Crippen LogP contribution in [0.25, 0.3) is 0 Å². The van der Waals surface area contributed by atoms with Crippen molar-refractivity contribution < 1.29 is 19.3 Å². The summed E-state index contributed by atoms with van der Waals surface area (Å²) in [5.41, 5.74) is 6.18. The SMILES string of the molecule is COCOc1ccc(N)cc1OCCO. The van der Waals surface area contributed by atoms with Gasteiger partial charge < -0.3 is 25.1 Å². The number of hydrogen-bond donors (Lipinski definition) is 2. The summed E-state index contributed by atoms with van der Waals surface area (Å²) in [6.07, 6.45) is 0. The third-order valence-corrected chi connectivity index (χ3v) is 1.65. The summed E-state index contributed by atoms with van der Waals surface area (Å²) >= 11 is 0. The number of aliphatic hydroxyl groups excluding tert-OH is 1. The van der Waals surface area contributed by atoms with E-state index in [1.807, 2.05) is 0 Å². The number of methoxy groups -OCH3 is 1. The highest BCUT2D eigenvalue weighted by atomic mass is 16.7. The highest BCUT2D eigenvalue weighted by Crippen LogP contribution is 2.29. The second kappa shape index (κ2) is 6.10. The third-order valence-electron chi connectivity index (χ3n) is 1.65. The summed E-state index contributed by atoms with van der Waals surface area (Å²) in [6, 6.07) is 5.04. The Kier molecular flexibility index (Phi) is 4.73. The lowest BCUT2D eigenvalue weighted by molar-refractivity contribution is 0.0482. The zero-order valence-electron chi connectivity index (χ0n) is 8.60. The van der Waals surface area contributed by atoms with Crippen LogP contribution in [0.1, 0.15) is 0 Å². The monoisotopic (exact) mass is 213 g/mol. The molecule has 0 saturated carbocycles. The average molecular weight is 213 g/mol. The minimum atomic E-state index is -0.0570. The Morgan fingerprint density at radius 1 is 1.27 bits per heavy atom. The van der Waals surface area contributed by atoms with Gasteiger partial charge in [-0.3, -0.25) is 0 Å².